The highest BCUT2D eigenvalue weighted by Crippen LogP contribution is 2.19. The number of halogens is 1. The number of aromatic nitrogens is 1. The lowest BCUT2D eigenvalue weighted by molar-refractivity contribution is 0.222. The van der Waals surface area contributed by atoms with Gasteiger partial charge in [-0.15, -0.1) is 0 Å². The molecule has 1 aromatic carbocycles. The number of fused-ring (bicyclic) bond motifs is 1. The summed E-state index contributed by atoms with van der Waals surface area (Å²) >= 11 is 0. The summed E-state index contributed by atoms with van der Waals surface area (Å²) in [4.78, 5) is 15.4. The van der Waals surface area contributed by atoms with Crippen molar-refractivity contribution in [2.45, 2.75) is 52.1 Å². The van der Waals surface area contributed by atoms with Gasteiger partial charge in [-0.05, 0) is 38.0 Å². The Kier molecular flexibility index (Phi) is 6.11. The second-order valence-electron chi connectivity index (χ2n) is 5.91. The van der Waals surface area contributed by atoms with Gasteiger partial charge in [-0.2, -0.15) is 0 Å². The van der Waals surface area contributed by atoms with Crippen LogP contribution in [-0.4, -0.2) is 10.1 Å². The highest BCUT2D eigenvalue weighted by molar-refractivity contribution is 5.79. The molecular formula is C19H24FNO2. The molecule has 1 aromatic heterocycles. The molecule has 0 spiro atoms. The van der Waals surface area contributed by atoms with E-state index >= 15 is 0 Å². The van der Waals surface area contributed by atoms with Crippen molar-refractivity contribution in [2.24, 2.45) is 0 Å². The fourth-order valence-electron chi connectivity index (χ4n) is 2.68. The van der Waals surface area contributed by atoms with Crippen LogP contribution in [0.4, 0.5) is 4.39 Å². The first-order valence-corrected chi connectivity index (χ1v) is 8.21. The summed E-state index contributed by atoms with van der Waals surface area (Å²) in [5.74, 6) is -0.442. The molecule has 0 saturated carbocycles. The number of hydrogen-bond acceptors (Lipinski definition) is 2. The van der Waals surface area contributed by atoms with Crippen LogP contribution < -0.4 is 5.43 Å². The summed E-state index contributed by atoms with van der Waals surface area (Å²) in [5.41, 5.74) is 1.18. The molecule has 0 amide bonds. The van der Waals surface area contributed by atoms with Gasteiger partial charge in [-0.1, -0.05) is 38.3 Å². The summed E-state index contributed by atoms with van der Waals surface area (Å²) in [7, 11) is 0. The number of aromatic amines is 1. The molecule has 1 atom stereocenters. The summed E-state index contributed by atoms with van der Waals surface area (Å²) in [6, 6.07) is 4.05. The zero-order valence-corrected chi connectivity index (χ0v) is 13.7. The minimum Gasteiger partial charge on any atom is -0.383 e. The van der Waals surface area contributed by atoms with E-state index in [4.69, 9.17) is 0 Å². The quantitative estimate of drug-likeness (QED) is 0.582. The van der Waals surface area contributed by atoms with Crippen molar-refractivity contribution in [2.75, 3.05) is 0 Å². The minimum atomic E-state index is -0.858. The molecule has 1 unspecified atom stereocenters. The van der Waals surface area contributed by atoms with Crippen molar-refractivity contribution in [1.82, 2.24) is 4.98 Å². The van der Waals surface area contributed by atoms with Gasteiger partial charge in [0.05, 0.1) is 5.69 Å². The maximum Gasteiger partial charge on any atom is 0.192 e. The number of nitrogens with one attached hydrogen (secondary N) is 1. The van der Waals surface area contributed by atoms with Crippen LogP contribution in [0.3, 0.4) is 0 Å². The zero-order valence-electron chi connectivity index (χ0n) is 13.7. The maximum absolute atomic E-state index is 13.3. The number of aliphatic hydroxyl groups excluding tert-OH is 1. The molecule has 124 valence electrons. The minimum absolute atomic E-state index is 0.247. The molecule has 2 rings (SSSR count). The number of unbranched alkanes of at least 4 members (excludes halogenated alkanes) is 4. The van der Waals surface area contributed by atoms with Gasteiger partial charge in [0, 0.05) is 16.5 Å². The zero-order chi connectivity index (χ0) is 16.8. The summed E-state index contributed by atoms with van der Waals surface area (Å²) < 4.78 is 13.3. The molecule has 2 N–H and O–H groups in total. The number of allylic oxidation sites excluding steroid dienone is 1. The molecule has 0 saturated heterocycles. The Morgan fingerprint density at radius 3 is 2.83 bits per heavy atom. The second kappa shape index (κ2) is 8.06. The lowest BCUT2D eigenvalue weighted by Crippen LogP contribution is -2.14. The van der Waals surface area contributed by atoms with E-state index in [1.807, 2.05) is 6.08 Å². The average molecular weight is 317 g/mol. The van der Waals surface area contributed by atoms with Crippen molar-refractivity contribution in [3.05, 3.63) is 57.6 Å². The third kappa shape index (κ3) is 4.29. The highest BCUT2D eigenvalue weighted by Gasteiger charge is 2.13. The van der Waals surface area contributed by atoms with Crippen molar-refractivity contribution >= 4 is 10.9 Å². The molecule has 0 aliphatic heterocycles. The smallest absolute Gasteiger partial charge is 0.192 e. The predicted molar refractivity (Wildman–Crippen MR) is 92.1 cm³/mol. The first-order valence-electron chi connectivity index (χ1n) is 8.21. The number of rotatable bonds is 7. The Hall–Kier alpha value is -1.94. The van der Waals surface area contributed by atoms with Gasteiger partial charge in [0.15, 0.2) is 5.43 Å². The van der Waals surface area contributed by atoms with E-state index in [-0.39, 0.29) is 5.43 Å². The Labute approximate surface area is 135 Å². The number of hydrogen-bond donors (Lipinski definition) is 2. The van der Waals surface area contributed by atoms with Crippen molar-refractivity contribution < 1.29 is 9.50 Å². The van der Waals surface area contributed by atoms with E-state index in [0.717, 1.165) is 12.8 Å². The Bertz CT molecular complexity index is 749. The standard InChI is InChI=1S/C19H24FNO2/c1-3-4-5-6-7-8-9-17(22)18-13(2)19(23)15-12-14(20)10-11-16(15)21-18/h8-12,17,22H,3-7H2,1-2H3,(H,21,23)/b9-8+. The number of H-pyrrole nitrogens is 1. The van der Waals surface area contributed by atoms with E-state index in [2.05, 4.69) is 11.9 Å². The largest absolute Gasteiger partial charge is 0.383 e. The predicted octanol–water partition coefficient (Wildman–Crippen LogP) is 4.54. The van der Waals surface area contributed by atoms with Crippen molar-refractivity contribution in [3.63, 3.8) is 0 Å². The normalized spacial score (nSPS) is 13.0. The molecular weight excluding hydrogens is 293 g/mol. The SMILES string of the molecule is CCCCCC/C=C/C(O)c1[nH]c2ccc(F)cc2c(=O)c1C. The number of benzene rings is 1. The molecule has 2 aromatic rings. The molecule has 0 aliphatic carbocycles. The fraction of sp³-hybridized carbons (Fsp3) is 0.421. The van der Waals surface area contributed by atoms with Gasteiger partial charge in [-0.25, -0.2) is 4.39 Å². The Morgan fingerprint density at radius 1 is 1.30 bits per heavy atom. The van der Waals surface area contributed by atoms with E-state index in [1.165, 1.54) is 37.5 Å². The third-order valence-corrected chi connectivity index (χ3v) is 4.08. The van der Waals surface area contributed by atoms with Gasteiger partial charge < -0.3 is 10.1 Å². The molecule has 0 aliphatic rings. The summed E-state index contributed by atoms with van der Waals surface area (Å²) in [5, 5.41) is 10.6. The molecule has 4 heteroatoms. The van der Waals surface area contributed by atoms with E-state index in [9.17, 15) is 14.3 Å². The van der Waals surface area contributed by atoms with Crippen LogP contribution in [0.1, 0.15) is 56.4 Å². The second-order valence-corrected chi connectivity index (χ2v) is 5.91. The molecule has 0 fully saturated rings. The van der Waals surface area contributed by atoms with Crippen LogP contribution in [0.2, 0.25) is 0 Å². The number of pyridine rings is 1. The molecule has 0 radical (unpaired) electrons. The average Bonchev–Trinajstić information content (AvgIpc) is 2.54. The van der Waals surface area contributed by atoms with E-state index in [1.54, 1.807) is 13.0 Å². The number of aliphatic hydroxyl groups is 1. The monoisotopic (exact) mass is 317 g/mol. The van der Waals surface area contributed by atoms with Crippen LogP contribution in [0.15, 0.2) is 35.1 Å². The van der Waals surface area contributed by atoms with Gasteiger partial charge in [-0.3, -0.25) is 4.79 Å². The van der Waals surface area contributed by atoms with Gasteiger partial charge in [0.25, 0.3) is 0 Å². The van der Waals surface area contributed by atoms with Crippen LogP contribution in [0, 0.1) is 12.7 Å². The molecule has 0 bridgehead atoms. The van der Waals surface area contributed by atoms with E-state index < -0.39 is 11.9 Å². The van der Waals surface area contributed by atoms with Crippen LogP contribution in [0.25, 0.3) is 10.9 Å². The van der Waals surface area contributed by atoms with Crippen LogP contribution in [0.5, 0.6) is 0 Å². The van der Waals surface area contributed by atoms with Crippen molar-refractivity contribution in [1.29, 1.82) is 0 Å². The van der Waals surface area contributed by atoms with Gasteiger partial charge in [0.2, 0.25) is 0 Å². The lowest BCUT2D eigenvalue weighted by atomic mass is 10.0. The topological polar surface area (TPSA) is 53.1 Å². The maximum atomic E-state index is 13.3. The fourth-order valence-corrected chi connectivity index (χ4v) is 2.68. The van der Waals surface area contributed by atoms with Crippen LogP contribution >= 0.6 is 0 Å². The Balaban J connectivity index is 2.19. The molecule has 23 heavy (non-hydrogen) atoms. The summed E-state index contributed by atoms with van der Waals surface area (Å²) in [6.45, 7) is 3.82. The molecule has 1 heterocycles. The van der Waals surface area contributed by atoms with E-state index in [0.29, 0.717) is 22.2 Å². The first-order chi connectivity index (χ1) is 11.0. The van der Waals surface area contributed by atoms with Gasteiger partial charge >= 0.3 is 0 Å². The third-order valence-electron chi connectivity index (χ3n) is 4.08. The molecule has 3 nitrogen and oxygen atoms in total. The van der Waals surface area contributed by atoms with Crippen molar-refractivity contribution in [3.8, 4) is 0 Å². The summed E-state index contributed by atoms with van der Waals surface area (Å²) in [6.07, 6.45) is 8.43. The van der Waals surface area contributed by atoms with Crippen LogP contribution in [-0.2, 0) is 0 Å². The lowest BCUT2D eigenvalue weighted by Gasteiger charge is -2.11. The Morgan fingerprint density at radius 2 is 2.09 bits per heavy atom. The highest BCUT2D eigenvalue weighted by atomic mass is 19.1. The van der Waals surface area contributed by atoms with Gasteiger partial charge in [0.1, 0.15) is 11.9 Å². The first kappa shape index (κ1) is 17.4.